The summed E-state index contributed by atoms with van der Waals surface area (Å²) in [7, 11) is 0. The molecule has 4 aromatic heterocycles. The molecule has 9 aromatic carbocycles. The smallest absolute Gasteiger partial charge is 0.159 e. The van der Waals surface area contributed by atoms with Crippen molar-refractivity contribution in [1.29, 1.82) is 0 Å². The van der Waals surface area contributed by atoms with Gasteiger partial charge in [0.05, 0.1) is 27.8 Å². The van der Waals surface area contributed by atoms with Crippen molar-refractivity contribution in [2.24, 2.45) is 0 Å². The molecule has 0 aliphatic heterocycles. The van der Waals surface area contributed by atoms with Crippen LogP contribution in [0.1, 0.15) is 0 Å². The van der Waals surface area contributed by atoms with Crippen LogP contribution in [0.15, 0.2) is 203 Å². The van der Waals surface area contributed by atoms with Crippen LogP contribution >= 0.6 is 0 Å². The number of fused-ring (bicyclic) bond motifs is 12. The molecule has 0 atom stereocenters. The summed E-state index contributed by atoms with van der Waals surface area (Å²) >= 11 is 0. The van der Waals surface area contributed by atoms with Gasteiger partial charge >= 0.3 is 0 Å². The van der Waals surface area contributed by atoms with E-state index in [1.807, 2.05) is 24.3 Å². The van der Waals surface area contributed by atoms with Crippen molar-refractivity contribution in [3.63, 3.8) is 0 Å². The topological polar surface area (TPSA) is 36.1 Å². The molecule has 0 unspecified atom stereocenters. The highest BCUT2D eigenvalue weighted by Gasteiger charge is 2.19. The van der Waals surface area contributed by atoms with Gasteiger partial charge in [0.2, 0.25) is 0 Å². The Morgan fingerprint density at radius 2 is 0.793 bits per heavy atom. The van der Waals surface area contributed by atoms with E-state index in [-0.39, 0.29) is 0 Å². The van der Waals surface area contributed by atoms with Crippen molar-refractivity contribution in [2.75, 3.05) is 0 Å². The molecule has 4 heterocycles. The van der Waals surface area contributed by atoms with E-state index in [0.717, 1.165) is 66.3 Å². The minimum atomic E-state index is 0.898. The number of hydrogen-bond acceptors (Lipinski definition) is 2. The summed E-state index contributed by atoms with van der Waals surface area (Å²) in [6.45, 7) is 0. The lowest BCUT2D eigenvalue weighted by atomic mass is 10.0. The van der Waals surface area contributed by atoms with Crippen LogP contribution in [-0.4, -0.2) is 9.13 Å². The lowest BCUT2D eigenvalue weighted by molar-refractivity contribution is 0.666. The second kappa shape index (κ2) is 11.8. The Labute approximate surface area is 332 Å². The van der Waals surface area contributed by atoms with Crippen LogP contribution < -0.4 is 0 Å². The summed E-state index contributed by atoms with van der Waals surface area (Å²) in [4.78, 5) is 0. The molecular formula is C54H32N2O2. The molecule has 58 heavy (non-hydrogen) atoms. The average molecular weight is 741 g/mol. The first-order valence-corrected chi connectivity index (χ1v) is 19.7. The van der Waals surface area contributed by atoms with Gasteiger partial charge in [0.1, 0.15) is 16.7 Å². The molecule has 4 heteroatoms. The Bertz CT molecular complexity index is 3800. The van der Waals surface area contributed by atoms with Crippen molar-refractivity contribution < 1.29 is 8.83 Å². The molecule has 0 aliphatic carbocycles. The molecule has 0 fully saturated rings. The third kappa shape index (κ3) is 4.45. The molecule has 13 aromatic rings. The van der Waals surface area contributed by atoms with Gasteiger partial charge in [0.25, 0.3) is 0 Å². The van der Waals surface area contributed by atoms with Crippen LogP contribution in [0.5, 0.6) is 0 Å². The number of para-hydroxylation sites is 5. The molecule has 270 valence electrons. The molecule has 0 amide bonds. The largest absolute Gasteiger partial charge is 0.456 e. The number of aromatic nitrogens is 2. The first-order chi connectivity index (χ1) is 28.7. The first kappa shape index (κ1) is 31.4. The van der Waals surface area contributed by atoms with E-state index < -0.39 is 0 Å². The van der Waals surface area contributed by atoms with Crippen molar-refractivity contribution in [3.05, 3.63) is 194 Å². The van der Waals surface area contributed by atoms with Gasteiger partial charge in [-0.3, -0.25) is 0 Å². The van der Waals surface area contributed by atoms with Gasteiger partial charge < -0.3 is 18.0 Å². The minimum absolute atomic E-state index is 0.898. The highest BCUT2D eigenvalue weighted by molar-refractivity contribution is 6.14. The summed E-state index contributed by atoms with van der Waals surface area (Å²) in [5.74, 6) is 0. The zero-order valence-corrected chi connectivity index (χ0v) is 31.2. The fraction of sp³-hybridized carbons (Fsp3) is 0. The zero-order valence-electron chi connectivity index (χ0n) is 31.2. The molecule has 0 radical (unpaired) electrons. The fourth-order valence-electron chi connectivity index (χ4n) is 9.46. The van der Waals surface area contributed by atoms with E-state index in [4.69, 9.17) is 8.83 Å². The predicted octanol–water partition coefficient (Wildman–Crippen LogP) is 15.0. The lowest BCUT2D eigenvalue weighted by Gasteiger charge is -2.11. The van der Waals surface area contributed by atoms with Crippen molar-refractivity contribution in [2.45, 2.75) is 0 Å². The SMILES string of the molecule is c1ccc2c(c1)oc1ccc(-c3ccc(-n4c5ccccc5c5ccc(-c6ccc7c(c6)c6ccccc6n7-c6cccc7c6oc6ccccc67)cc54)cc3)cc12. The second-order valence-electron chi connectivity index (χ2n) is 15.3. The molecule has 0 N–H and O–H groups in total. The van der Waals surface area contributed by atoms with Crippen LogP contribution in [0.2, 0.25) is 0 Å². The van der Waals surface area contributed by atoms with Crippen LogP contribution in [0.3, 0.4) is 0 Å². The Morgan fingerprint density at radius 1 is 0.276 bits per heavy atom. The molecule has 0 bridgehead atoms. The van der Waals surface area contributed by atoms with Gasteiger partial charge in [0.15, 0.2) is 5.58 Å². The van der Waals surface area contributed by atoms with E-state index in [1.165, 1.54) is 54.8 Å². The van der Waals surface area contributed by atoms with Crippen LogP contribution in [0.25, 0.3) is 121 Å². The number of nitrogens with zero attached hydrogens (tertiary/aromatic N) is 2. The maximum Gasteiger partial charge on any atom is 0.159 e. The van der Waals surface area contributed by atoms with Crippen molar-refractivity contribution in [1.82, 2.24) is 9.13 Å². The Balaban J connectivity index is 0.949. The van der Waals surface area contributed by atoms with Gasteiger partial charge in [-0.25, -0.2) is 0 Å². The summed E-state index contributed by atoms with van der Waals surface area (Å²) in [5.41, 5.74) is 15.1. The molecular weight excluding hydrogens is 709 g/mol. The monoisotopic (exact) mass is 740 g/mol. The van der Waals surface area contributed by atoms with Gasteiger partial charge in [-0.2, -0.15) is 0 Å². The molecule has 0 aliphatic rings. The number of hydrogen-bond donors (Lipinski definition) is 0. The molecule has 0 saturated heterocycles. The summed E-state index contributed by atoms with van der Waals surface area (Å²) in [6.07, 6.45) is 0. The van der Waals surface area contributed by atoms with Crippen LogP contribution in [0, 0.1) is 0 Å². The van der Waals surface area contributed by atoms with E-state index in [0.29, 0.717) is 0 Å². The molecule has 0 spiro atoms. The number of benzene rings is 9. The second-order valence-corrected chi connectivity index (χ2v) is 15.3. The third-order valence-corrected chi connectivity index (χ3v) is 12.1. The Morgan fingerprint density at radius 3 is 1.60 bits per heavy atom. The highest BCUT2D eigenvalue weighted by Crippen LogP contribution is 2.41. The number of furan rings is 2. The maximum atomic E-state index is 6.54. The van der Waals surface area contributed by atoms with Crippen molar-refractivity contribution >= 4 is 87.5 Å². The molecule has 13 rings (SSSR count). The van der Waals surface area contributed by atoms with Crippen molar-refractivity contribution in [3.8, 4) is 33.6 Å². The quantitative estimate of drug-likeness (QED) is 0.180. The van der Waals surface area contributed by atoms with Gasteiger partial charge in [-0.1, -0.05) is 121 Å². The summed E-state index contributed by atoms with van der Waals surface area (Å²) < 4.78 is 17.4. The Kier molecular flexibility index (Phi) is 6.41. The summed E-state index contributed by atoms with van der Waals surface area (Å²) in [6, 6.07) is 69.7. The van der Waals surface area contributed by atoms with E-state index in [2.05, 4.69) is 179 Å². The Hall–Kier alpha value is -7.82. The van der Waals surface area contributed by atoms with Crippen LogP contribution in [-0.2, 0) is 0 Å². The fourth-order valence-corrected chi connectivity index (χ4v) is 9.46. The number of rotatable bonds is 4. The first-order valence-electron chi connectivity index (χ1n) is 19.7. The standard InChI is InChI=1S/C54H32N2O2/c1-5-15-46-38(10-1)40-27-22-36(32-50(40)55(46)37-25-20-33(21-26-37)34-24-29-53-45(31-34)42-13-4-7-18-51(42)57-53)35-23-28-48-44(30-35)39-11-2-6-16-47(39)56(48)49-17-9-14-43-41-12-3-8-19-52(41)58-54(43)49/h1-32H. The zero-order chi connectivity index (χ0) is 37.9. The highest BCUT2D eigenvalue weighted by atomic mass is 16.3. The summed E-state index contributed by atoms with van der Waals surface area (Å²) in [5, 5.41) is 9.43. The lowest BCUT2D eigenvalue weighted by Crippen LogP contribution is -1.94. The predicted molar refractivity (Wildman–Crippen MR) is 241 cm³/mol. The minimum Gasteiger partial charge on any atom is -0.456 e. The van der Waals surface area contributed by atoms with E-state index in [1.54, 1.807) is 0 Å². The average Bonchev–Trinajstić information content (AvgIpc) is 4.03. The third-order valence-electron chi connectivity index (χ3n) is 12.1. The normalized spacial score (nSPS) is 12.1. The van der Waals surface area contributed by atoms with Crippen LogP contribution in [0.4, 0.5) is 0 Å². The molecule has 0 saturated carbocycles. The van der Waals surface area contributed by atoms with Gasteiger partial charge in [0, 0.05) is 48.8 Å². The maximum absolute atomic E-state index is 6.54. The van der Waals surface area contributed by atoms with Gasteiger partial charge in [-0.05, 0) is 95.1 Å². The van der Waals surface area contributed by atoms with Gasteiger partial charge in [-0.15, -0.1) is 0 Å². The van der Waals surface area contributed by atoms with E-state index in [9.17, 15) is 0 Å². The molecule has 4 nitrogen and oxygen atoms in total. The van der Waals surface area contributed by atoms with E-state index >= 15 is 0 Å².